The number of aromatic nitrogens is 2. The van der Waals surface area contributed by atoms with Crippen LogP contribution >= 0.6 is 0 Å². The van der Waals surface area contributed by atoms with Gasteiger partial charge in [-0.2, -0.15) is 5.26 Å². The highest BCUT2D eigenvalue weighted by molar-refractivity contribution is 5.30. The Morgan fingerprint density at radius 1 is 1.47 bits per heavy atom. The Labute approximate surface area is 102 Å². The van der Waals surface area contributed by atoms with Gasteiger partial charge in [-0.3, -0.25) is 0 Å². The number of hydrogen-bond donors (Lipinski definition) is 2. The van der Waals surface area contributed by atoms with Crippen LogP contribution in [0.25, 0.3) is 0 Å². The lowest BCUT2D eigenvalue weighted by molar-refractivity contribution is 0.127. The lowest BCUT2D eigenvalue weighted by atomic mass is 9.83. The van der Waals surface area contributed by atoms with Gasteiger partial charge < -0.3 is 10.4 Å². The quantitative estimate of drug-likeness (QED) is 0.780. The second-order valence-electron chi connectivity index (χ2n) is 4.10. The fraction of sp³-hybridized carbons (Fsp3) is 0.583. The first-order valence-electron chi connectivity index (χ1n) is 5.77. The van der Waals surface area contributed by atoms with Gasteiger partial charge in [-0.05, 0) is 18.9 Å². The van der Waals surface area contributed by atoms with Crippen molar-refractivity contribution in [2.24, 2.45) is 5.41 Å². The zero-order chi connectivity index (χ0) is 12.7. The topological polar surface area (TPSA) is 81.8 Å². The molecule has 0 bridgehead atoms. The molecule has 1 aromatic heterocycles. The number of nitriles is 1. The van der Waals surface area contributed by atoms with Gasteiger partial charge in [0.15, 0.2) is 0 Å². The van der Waals surface area contributed by atoms with E-state index in [4.69, 9.17) is 5.26 Å². The van der Waals surface area contributed by atoms with E-state index in [9.17, 15) is 5.11 Å². The van der Waals surface area contributed by atoms with E-state index in [1.807, 2.05) is 19.9 Å². The smallest absolute Gasteiger partial charge is 0.223 e. The normalized spacial score (nSPS) is 10.9. The number of aliphatic hydroxyl groups is 1. The van der Waals surface area contributed by atoms with Crippen LogP contribution in [0.15, 0.2) is 12.3 Å². The third kappa shape index (κ3) is 3.40. The van der Waals surface area contributed by atoms with Crippen molar-refractivity contribution in [1.29, 1.82) is 5.26 Å². The molecular weight excluding hydrogens is 216 g/mol. The minimum absolute atomic E-state index is 0.130. The summed E-state index contributed by atoms with van der Waals surface area (Å²) in [4.78, 5) is 8.07. The Morgan fingerprint density at radius 3 is 2.71 bits per heavy atom. The molecule has 0 aromatic carbocycles. The zero-order valence-corrected chi connectivity index (χ0v) is 10.3. The Bertz CT molecular complexity index is 387. The lowest BCUT2D eigenvalue weighted by Gasteiger charge is -2.29. The Kier molecular flexibility index (Phi) is 4.85. The van der Waals surface area contributed by atoms with E-state index in [-0.39, 0.29) is 12.0 Å². The number of nitrogens with one attached hydrogen (secondary N) is 1. The Hall–Kier alpha value is -1.67. The minimum atomic E-state index is -0.147. The molecule has 92 valence electrons. The van der Waals surface area contributed by atoms with E-state index >= 15 is 0 Å². The second-order valence-corrected chi connectivity index (χ2v) is 4.10. The maximum Gasteiger partial charge on any atom is 0.223 e. The van der Waals surface area contributed by atoms with Crippen molar-refractivity contribution in [3.05, 3.63) is 18.0 Å². The van der Waals surface area contributed by atoms with Gasteiger partial charge in [0.2, 0.25) is 5.95 Å². The molecule has 17 heavy (non-hydrogen) atoms. The number of rotatable bonds is 6. The van der Waals surface area contributed by atoms with Crippen LogP contribution in [0, 0.1) is 16.7 Å². The van der Waals surface area contributed by atoms with Gasteiger partial charge in [-0.25, -0.2) is 9.97 Å². The third-order valence-electron chi connectivity index (χ3n) is 3.23. The largest absolute Gasteiger partial charge is 0.396 e. The van der Waals surface area contributed by atoms with E-state index in [0.29, 0.717) is 18.2 Å². The molecule has 0 aliphatic carbocycles. The zero-order valence-electron chi connectivity index (χ0n) is 10.3. The van der Waals surface area contributed by atoms with E-state index in [1.54, 1.807) is 12.3 Å². The number of nitrogens with zero attached hydrogens (tertiary/aromatic N) is 3. The maximum absolute atomic E-state index is 9.42. The van der Waals surface area contributed by atoms with E-state index < -0.39 is 0 Å². The van der Waals surface area contributed by atoms with Crippen LogP contribution in [-0.2, 0) is 0 Å². The van der Waals surface area contributed by atoms with Crippen molar-refractivity contribution < 1.29 is 5.11 Å². The van der Waals surface area contributed by atoms with Gasteiger partial charge >= 0.3 is 0 Å². The van der Waals surface area contributed by atoms with Crippen LogP contribution in [0.4, 0.5) is 5.95 Å². The molecule has 1 aromatic rings. The molecule has 5 heteroatoms. The van der Waals surface area contributed by atoms with Crippen LogP contribution in [0.2, 0.25) is 0 Å². The van der Waals surface area contributed by atoms with Gasteiger partial charge in [0.1, 0.15) is 11.8 Å². The summed E-state index contributed by atoms with van der Waals surface area (Å²) in [6.45, 7) is 4.83. The van der Waals surface area contributed by atoms with Crippen LogP contribution in [0.1, 0.15) is 32.4 Å². The van der Waals surface area contributed by atoms with Crippen molar-refractivity contribution in [2.75, 3.05) is 18.5 Å². The van der Waals surface area contributed by atoms with E-state index in [2.05, 4.69) is 15.3 Å². The minimum Gasteiger partial charge on any atom is -0.396 e. The first-order valence-corrected chi connectivity index (χ1v) is 5.77. The summed E-state index contributed by atoms with van der Waals surface area (Å²) in [5, 5.41) is 21.2. The maximum atomic E-state index is 9.42. The number of aliphatic hydroxyl groups excluding tert-OH is 1. The van der Waals surface area contributed by atoms with Gasteiger partial charge in [-0.15, -0.1) is 0 Å². The molecule has 0 fully saturated rings. The molecule has 0 amide bonds. The molecule has 0 saturated heterocycles. The summed E-state index contributed by atoms with van der Waals surface area (Å²) < 4.78 is 0. The van der Waals surface area contributed by atoms with Gasteiger partial charge in [0.05, 0.1) is 6.61 Å². The Morgan fingerprint density at radius 2 is 2.18 bits per heavy atom. The van der Waals surface area contributed by atoms with Crippen molar-refractivity contribution in [2.45, 2.75) is 26.7 Å². The Balaban J connectivity index is 2.69. The predicted octanol–water partition coefficient (Wildman–Crippen LogP) is 1.56. The summed E-state index contributed by atoms with van der Waals surface area (Å²) >= 11 is 0. The first kappa shape index (κ1) is 13.4. The highest BCUT2D eigenvalue weighted by Crippen LogP contribution is 2.25. The molecule has 2 N–H and O–H groups in total. The van der Waals surface area contributed by atoms with E-state index in [0.717, 1.165) is 12.8 Å². The molecule has 5 nitrogen and oxygen atoms in total. The molecular formula is C12H18N4O. The number of anilines is 1. The van der Waals surface area contributed by atoms with E-state index in [1.165, 1.54) is 0 Å². The predicted molar refractivity (Wildman–Crippen MR) is 65.3 cm³/mol. The van der Waals surface area contributed by atoms with Gasteiger partial charge in [0.25, 0.3) is 0 Å². The number of hydrogen-bond acceptors (Lipinski definition) is 5. The average Bonchev–Trinajstić information content (AvgIpc) is 2.41. The fourth-order valence-electron chi connectivity index (χ4n) is 1.55. The van der Waals surface area contributed by atoms with Crippen LogP contribution in [-0.4, -0.2) is 28.2 Å². The standard InChI is InChI=1S/C12H18N4O/c1-3-12(4-2,9-17)8-15-11-14-6-5-10(7-13)16-11/h5-6,17H,3-4,8-9H2,1-2H3,(H,14,15,16). The highest BCUT2D eigenvalue weighted by atomic mass is 16.3. The molecule has 1 rings (SSSR count). The summed E-state index contributed by atoms with van der Waals surface area (Å²) in [6, 6.07) is 3.53. The lowest BCUT2D eigenvalue weighted by Crippen LogP contribution is -2.32. The molecule has 0 aliphatic heterocycles. The molecule has 0 saturated carbocycles. The average molecular weight is 234 g/mol. The van der Waals surface area contributed by atoms with Crippen LogP contribution in [0.5, 0.6) is 0 Å². The fourth-order valence-corrected chi connectivity index (χ4v) is 1.55. The molecule has 1 heterocycles. The molecule has 0 spiro atoms. The van der Waals surface area contributed by atoms with Crippen molar-refractivity contribution in [3.8, 4) is 6.07 Å². The SMILES string of the molecule is CCC(CC)(CO)CNc1nccc(C#N)n1. The molecule has 0 unspecified atom stereocenters. The van der Waals surface area contributed by atoms with Crippen molar-refractivity contribution in [1.82, 2.24) is 9.97 Å². The molecule has 0 radical (unpaired) electrons. The summed E-state index contributed by atoms with van der Waals surface area (Å²) in [6.07, 6.45) is 3.31. The highest BCUT2D eigenvalue weighted by Gasteiger charge is 2.25. The van der Waals surface area contributed by atoms with Crippen LogP contribution < -0.4 is 5.32 Å². The monoisotopic (exact) mass is 234 g/mol. The van der Waals surface area contributed by atoms with Crippen LogP contribution in [0.3, 0.4) is 0 Å². The second kappa shape index (κ2) is 6.16. The molecule has 0 atom stereocenters. The van der Waals surface area contributed by atoms with Gasteiger partial charge in [0, 0.05) is 18.2 Å². The van der Waals surface area contributed by atoms with Crippen molar-refractivity contribution in [3.63, 3.8) is 0 Å². The first-order chi connectivity index (χ1) is 8.19. The van der Waals surface area contributed by atoms with Crippen molar-refractivity contribution >= 4 is 5.95 Å². The summed E-state index contributed by atoms with van der Waals surface area (Å²) in [7, 11) is 0. The van der Waals surface area contributed by atoms with Gasteiger partial charge in [-0.1, -0.05) is 13.8 Å². The summed E-state index contributed by atoms with van der Waals surface area (Å²) in [5.41, 5.74) is 0.191. The molecule has 0 aliphatic rings. The third-order valence-corrected chi connectivity index (χ3v) is 3.23. The summed E-state index contributed by atoms with van der Waals surface area (Å²) in [5.74, 6) is 0.434.